The molecule has 0 saturated heterocycles. The van der Waals surface area contributed by atoms with Crippen molar-refractivity contribution in [1.29, 1.82) is 0 Å². The molecule has 4 saturated carbocycles. The van der Waals surface area contributed by atoms with Gasteiger partial charge in [-0.1, -0.05) is 18.2 Å². The van der Waals surface area contributed by atoms with Gasteiger partial charge in [-0.15, -0.1) is 0 Å². The highest BCUT2D eigenvalue weighted by Crippen LogP contribution is 2.61. The fraction of sp³-hybridized carbons (Fsp3) is 0.552. The largest absolute Gasteiger partial charge is 0.506 e. The van der Waals surface area contributed by atoms with Gasteiger partial charge in [0.05, 0.1) is 18.4 Å². The van der Waals surface area contributed by atoms with Crippen LogP contribution in [-0.2, 0) is 11.2 Å². The number of nitrogens with one attached hydrogen (secondary N) is 2. The van der Waals surface area contributed by atoms with Gasteiger partial charge in [0.1, 0.15) is 11.5 Å². The Morgan fingerprint density at radius 2 is 1.71 bits per heavy atom. The molecule has 0 spiro atoms. The van der Waals surface area contributed by atoms with Crippen LogP contribution in [0, 0.1) is 23.2 Å². The van der Waals surface area contributed by atoms with E-state index in [9.17, 15) is 15.0 Å². The molecule has 1 amide bonds. The second kappa shape index (κ2) is 10.6. The van der Waals surface area contributed by atoms with Crippen LogP contribution in [0.4, 0.5) is 5.69 Å². The molecule has 6 nitrogen and oxygen atoms in total. The van der Waals surface area contributed by atoms with Gasteiger partial charge in [-0.2, -0.15) is 0 Å². The van der Waals surface area contributed by atoms with Crippen molar-refractivity contribution in [1.82, 2.24) is 5.32 Å². The van der Waals surface area contributed by atoms with Crippen LogP contribution in [0.1, 0.15) is 62.2 Å². The average Bonchev–Trinajstić information content (AvgIpc) is 2.83. The standard InChI is InChI=1S/C29H38N2O4/c32-19-31-26-14-24(3-6-27(26)33)28(34)18-30-9-7-20-1-4-25(5-2-20)35-10-8-29-15-21-11-22(16-29)13-23(12-21)17-29/h1-6,14,19,21-23,28,30,33-34H,7-13,15-18H2,(H,31,32). The van der Waals surface area contributed by atoms with Crippen molar-refractivity contribution in [2.75, 3.05) is 25.0 Å². The molecule has 4 aliphatic rings. The third kappa shape index (κ3) is 5.81. The molecule has 6 rings (SSSR count). The third-order valence-corrected chi connectivity index (χ3v) is 8.54. The predicted octanol–water partition coefficient (Wildman–Crippen LogP) is 4.81. The maximum atomic E-state index is 10.6. The predicted molar refractivity (Wildman–Crippen MR) is 136 cm³/mol. The van der Waals surface area contributed by atoms with E-state index in [4.69, 9.17) is 4.74 Å². The minimum Gasteiger partial charge on any atom is -0.506 e. The Morgan fingerprint density at radius 1 is 1.03 bits per heavy atom. The van der Waals surface area contributed by atoms with Crippen molar-refractivity contribution in [3.05, 3.63) is 53.6 Å². The molecule has 1 atom stereocenters. The van der Waals surface area contributed by atoms with Crippen molar-refractivity contribution in [2.45, 2.75) is 57.5 Å². The SMILES string of the molecule is O=CNc1cc(C(O)CNCCc2ccc(OCCC34CC5CC(CC(C5)C3)C4)cc2)ccc1O. The van der Waals surface area contributed by atoms with Crippen LogP contribution in [0.2, 0.25) is 0 Å². The van der Waals surface area contributed by atoms with Crippen LogP contribution in [0.3, 0.4) is 0 Å². The maximum absolute atomic E-state index is 10.6. The van der Waals surface area contributed by atoms with Gasteiger partial charge >= 0.3 is 0 Å². The first-order valence-electron chi connectivity index (χ1n) is 13.2. The number of phenolic OH excluding ortho intramolecular Hbond substituents is 1. The van der Waals surface area contributed by atoms with Crippen LogP contribution in [0.5, 0.6) is 11.5 Å². The van der Waals surface area contributed by atoms with E-state index < -0.39 is 6.10 Å². The van der Waals surface area contributed by atoms with Gasteiger partial charge in [0.15, 0.2) is 0 Å². The number of carbonyl (C=O) groups excluding carboxylic acids is 1. The van der Waals surface area contributed by atoms with E-state index in [1.54, 1.807) is 12.1 Å². The summed E-state index contributed by atoms with van der Waals surface area (Å²) in [5, 5.41) is 25.9. The highest BCUT2D eigenvalue weighted by atomic mass is 16.5. The Kier molecular flexibility index (Phi) is 7.30. The van der Waals surface area contributed by atoms with E-state index in [0.29, 0.717) is 23.9 Å². The van der Waals surface area contributed by atoms with Crippen LogP contribution in [0.15, 0.2) is 42.5 Å². The van der Waals surface area contributed by atoms with Gasteiger partial charge in [0.25, 0.3) is 0 Å². The number of anilines is 1. The molecular weight excluding hydrogens is 440 g/mol. The number of aliphatic hydroxyl groups is 1. The summed E-state index contributed by atoms with van der Waals surface area (Å²) in [7, 11) is 0. The van der Waals surface area contributed by atoms with Crippen LogP contribution >= 0.6 is 0 Å². The fourth-order valence-electron chi connectivity index (χ4n) is 7.26. The molecule has 0 aromatic heterocycles. The highest BCUT2D eigenvalue weighted by Gasteiger charge is 2.50. The molecule has 4 bridgehead atoms. The number of aromatic hydroxyl groups is 1. The summed E-state index contributed by atoms with van der Waals surface area (Å²) >= 11 is 0. The van der Waals surface area contributed by atoms with Crippen molar-refractivity contribution in [3.63, 3.8) is 0 Å². The number of hydrogen-bond donors (Lipinski definition) is 4. The summed E-state index contributed by atoms with van der Waals surface area (Å²) in [6.45, 7) is 1.95. The molecule has 4 aliphatic carbocycles. The zero-order valence-corrected chi connectivity index (χ0v) is 20.4. The van der Waals surface area contributed by atoms with Gasteiger partial charge in [0.2, 0.25) is 6.41 Å². The molecule has 4 N–H and O–H groups in total. The minimum absolute atomic E-state index is 0.0267. The van der Waals surface area contributed by atoms with Crippen LogP contribution < -0.4 is 15.4 Å². The molecule has 35 heavy (non-hydrogen) atoms. The molecule has 0 heterocycles. The summed E-state index contributed by atoms with van der Waals surface area (Å²) in [5.74, 6) is 3.91. The number of phenols is 1. The van der Waals surface area contributed by atoms with Gasteiger partial charge in [-0.25, -0.2) is 0 Å². The molecular formula is C29H38N2O4. The van der Waals surface area contributed by atoms with Gasteiger partial charge in [-0.3, -0.25) is 4.79 Å². The lowest BCUT2D eigenvalue weighted by Crippen LogP contribution is -2.46. The summed E-state index contributed by atoms with van der Waals surface area (Å²) in [6.07, 6.45) is 10.6. The normalized spacial score (nSPS) is 27.5. The van der Waals surface area contributed by atoms with Crippen molar-refractivity contribution in [3.8, 4) is 11.5 Å². The number of rotatable bonds is 12. The van der Waals surface area contributed by atoms with E-state index in [1.165, 1.54) is 56.6 Å². The number of ether oxygens (including phenoxy) is 1. The van der Waals surface area contributed by atoms with Crippen LogP contribution in [0.25, 0.3) is 0 Å². The first-order chi connectivity index (χ1) is 17.0. The number of aliphatic hydroxyl groups excluding tert-OH is 1. The molecule has 4 fully saturated rings. The zero-order valence-electron chi connectivity index (χ0n) is 20.4. The number of carbonyl (C=O) groups is 1. The molecule has 0 aliphatic heterocycles. The smallest absolute Gasteiger partial charge is 0.211 e. The van der Waals surface area contributed by atoms with E-state index in [1.807, 2.05) is 0 Å². The van der Waals surface area contributed by atoms with E-state index >= 15 is 0 Å². The minimum atomic E-state index is -0.729. The maximum Gasteiger partial charge on any atom is 0.211 e. The Hall–Kier alpha value is -2.57. The fourth-order valence-corrected chi connectivity index (χ4v) is 7.26. The Bertz CT molecular complexity index is 971. The number of hydrogen-bond acceptors (Lipinski definition) is 5. The van der Waals surface area contributed by atoms with Crippen molar-refractivity contribution < 1.29 is 19.7 Å². The summed E-state index contributed by atoms with van der Waals surface area (Å²) in [4.78, 5) is 10.6. The lowest BCUT2D eigenvalue weighted by molar-refractivity contribution is -0.105. The van der Waals surface area contributed by atoms with Crippen molar-refractivity contribution >= 4 is 12.1 Å². The number of benzene rings is 2. The summed E-state index contributed by atoms with van der Waals surface area (Å²) in [5.41, 5.74) is 2.71. The second-order valence-electron chi connectivity index (χ2n) is 11.2. The molecule has 2 aromatic rings. The van der Waals surface area contributed by atoms with E-state index in [0.717, 1.165) is 43.1 Å². The lowest BCUT2D eigenvalue weighted by Gasteiger charge is -2.57. The first kappa shape index (κ1) is 24.1. The molecule has 6 heteroatoms. The lowest BCUT2D eigenvalue weighted by atomic mass is 9.49. The topological polar surface area (TPSA) is 90.8 Å². The van der Waals surface area contributed by atoms with Gasteiger partial charge < -0.3 is 25.6 Å². The first-order valence-corrected chi connectivity index (χ1v) is 13.2. The summed E-state index contributed by atoms with van der Waals surface area (Å²) < 4.78 is 6.15. The average molecular weight is 479 g/mol. The Balaban J connectivity index is 1.02. The molecule has 1 unspecified atom stereocenters. The molecule has 2 aromatic carbocycles. The summed E-state index contributed by atoms with van der Waals surface area (Å²) in [6, 6.07) is 13.1. The van der Waals surface area contributed by atoms with Gasteiger partial charge in [-0.05, 0) is 116 Å². The second-order valence-corrected chi connectivity index (χ2v) is 11.2. The highest BCUT2D eigenvalue weighted by molar-refractivity contribution is 5.75. The van der Waals surface area contributed by atoms with E-state index in [2.05, 4.69) is 34.9 Å². The third-order valence-electron chi connectivity index (χ3n) is 8.54. The Labute approximate surface area is 208 Å². The Morgan fingerprint density at radius 3 is 2.37 bits per heavy atom. The zero-order chi connectivity index (χ0) is 24.3. The quantitative estimate of drug-likeness (QED) is 0.200. The van der Waals surface area contributed by atoms with E-state index in [-0.39, 0.29) is 11.4 Å². The van der Waals surface area contributed by atoms with Crippen LogP contribution in [-0.4, -0.2) is 36.3 Å². The van der Waals surface area contributed by atoms with Gasteiger partial charge in [0, 0.05) is 6.54 Å². The monoisotopic (exact) mass is 478 g/mol. The molecule has 0 radical (unpaired) electrons. The van der Waals surface area contributed by atoms with Crippen molar-refractivity contribution in [2.24, 2.45) is 23.2 Å². The number of amides is 1. The molecule has 188 valence electrons.